The molecule has 6 heteroatoms. The molecule has 1 amide bonds. The predicted molar refractivity (Wildman–Crippen MR) is 103 cm³/mol. The van der Waals surface area contributed by atoms with E-state index < -0.39 is 0 Å². The van der Waals surface area contributed by atoms with Crippen molar-refractivity contribution in [3.8, 4) is 5.82 Å². The van der Waals surface area contributed by atoms with Crippen molar-refractivity contribution in [2.75, 3.05) is 37.7 Å². The van der Waals surface area contributed by atoms with Crippen molar-refractivity contribution in [3.05, 3.63) is 42.4 Å². The van der Waals surface area contributed by atoms with Crippen LogP contribution in [-0.2, 0) is 15.1 Å². The number of anilines is 1. The third kappa shape index (κ3) is 2.65. The normalized spacial score (nSPS) is 23.6. The van der Waals surface area contributed by atoms with Crippen LogP contribution in [0.5, 0.6) is 0 Å². The summed E-state index contributed by atoms with van der Waals surface area (Å²) in [6.07, 6.45) is 7.51. The number of aromatic nitrogens is 2. The van der Waals surface area contributed by atoms with Gasteiger partial charge in [0.05, 0.1) is 11.4 Å². The first-order chi connectivity index (χ1) is 13.2. The van der Waals surface area contributed by atoms with Crippen LogP contribution >= 0.6 is 0 Å². The molecule has 0 radical (unpaired) electrons. The minimum atomic E-state index is -0.177. The van der Waals surface area contributed by atoms with Gasteiger partial charge >= 0.3 is 0 Å². The molecule has 1 saturated heterocycles. The summed E-state index contributed by atoms with van der Waals surface area (Å²) in [7, 11) is 0. The van der Waals surface area contributed by atoms with E-state index in [9.17, 15) is 4.79 Å². The smallest absolute Gasteiger partial charge is 0.248 e. The van der Waals surface area contributed by atoms with Gasteiger partial charge in [0.2, 0.25) is 5.91 Å². The molecule has 2 aliphatic heterocycles. The lowest BCUT2D eigenvalue weighted by Gasteiger charge is -2.47. The first-order valence-corrected chi connectivity index (χ1v) is 9.99. The summed E-state index contributed by atoms with van der Waals surface area (Å²) in [5.74, 6) is 1.85. The molecular weight excluding hydrogens is 340 g/mol. The standard InChI is InChI=1S/C21H26N4O2/c1-2-27-14-19(26)23-12-9-21(15-23)18-6-4-11-24(18)20-17(5-3-10-22-20)25(21)13-16-7-8-16/h3-6,10-11,16H,2,7-9,12-15H2,1H3. The Hall–Kier alpha value is -2.34. The monoisotopic (exact) mass is 366 g/mol. The minimum absolute atomic E-state index is 0.0928. The molecule has 6 nitrogen and oxygen atoms in total. The van der Waals surface area contributed by atoms with Crippen LogP contribution in [-0.4, -0.2) is 53.2 Å². The molecule has 2 aromatic rings. The van der Waals surface area contributed by atoms with Crippen molar-refractivity contribution in [1.82, 2.24) is 14.5 Å². The molecule has 1 aliphatic carbocycles. The van der Waals surface area contributed by atoms with Crippen molar-refractivity contribution in [2.45, 2.75) is 31.7 Å². The van der Waals surface area contributed by atoms with Gasteiger partial charge in [0.25, 0.3) is 0 Å². The van der Waals surface area contributed by atoms with Crippen molar-refractivity contribution in [3.63, 3.8) is 0 Å². The van der Waals surface area contributed by atoms with Gasteiger partial charge in [0.15, 0.2) is 5.82 Å². The summed E-state index contributed by atoms with van der Waals surface area (Å²) in [4.78, 5) is 21.8. The number of ether oxygens (including phenoxy) is 1. The van der Waals surface area contributed by atoms with Crippen LogP contribution in [0.25, 0.3) is 5.82 Å². The Balaban J connectivity index is 1.55. The Morgan fingerprint density at radius 3 is 3.04 bits per heavy atom. The number of amides is 1. The van der Waals surface area contributed by atoms with E-state index >= 15 is 0 Å². The maximum Gasteiger partial charge on any atom is 0.248 e. The predicted octanol–water partition coefficient (Wildman–Crippen LogP) is 2.57. The molecule has 1 atom stereocenters. The summed E-state index contributed by atoms with van der Waals surface area (Å²) in [5, 5.41) is 0. The van der Waals surface area contributed by atoms with E-state index in [1.165, 1.54) is 24.2 Å². The van der Waals surface area contributed by atoms with E-state index in [1.54, 1.807) is 0 Å². The van der Waals surface area contributed by atoms with E-state index in [0.717, 1.165) is 31.2 Å². The minimum Gasteiger partial charge on any atom is -0.372 e. The van der Waals surface area contributed by atoms with Crippen LogP contribution in [0.15, 0.2) is 36.7 Å². The fourth-order valence-electron chi connectivity index (χ4n) is 4.65. The number of likely N-dealkylation sites (tertiary alicyclic amines) is 1. The topological polar surface area (TPSA) is 50.6 Å². The van der Waals surface area contributed by atoms with Crippen LogP contribution in [0.1, 0.15) is 31.9 Å². The zero-order chi connectivity index (χ0) is 18.4. The van der Waals surface area contributed by atoms with E-state index in [2.05, 4.69) is 38.8 Å². The van der Waals surface area contributed by atoms with Gasteiger partial charge in [-0.2, -0.15) is 0 Å². The number of hydrogen-bond donors (Lipinski definition) is 0. The maximum atomic E-state index is 12.6. The second-order valence-electron chi connectivity index (χ2n) is 7.90. The van der Waals surface area contributed by atoms with Gasteiger partial charge in [0.1, 0.15) is 12.1 Å². The number of carbonyl (C=O) groups is 1. The first kappa shape index (κ1) is 16.8. The number of rotatable bonds is 5. The molecule has 4 heterocycles. The van der Waals surface area contributed by atoms with Gasteiger partial charge in [-0.1, -0.05) is 0 Å². The zero-order valence-electron chi connectivity index (χ0n) is 15.8. The number of nitrogens with zero attached hydrogens (tertiary/aromatic N) is 4. The lowest BCUT2D eigenvalue weighted by Crippen LogP contribution is -2.53. The van der Waals surface area contributed by atoms with Crippen LogP contribution in [0.4, 0.5) is 5.69 Å². The summed E-state index contributed by atoms with van der Waals surface area (Å²) in [6.45, 7) is 5.19. The average molecular weight is 366 g/mol. The molecule has 5 rings (SSSR count). The molecule has 2 aromatic heterocycles. The third-order valence-electron chi connectivity index (χ3n) is 6.20. The number of fused-ring (bicyclic) bond motifs is 4. The highest BCUT2D eigenvalue weighted by molar-refractivity contribution is 5.78. The van der Waals surface area contributed by atoms with Crippen molar-refractivity contribution in [2.24, 2.45) is 5.92 Å². The second-order valence-corrected chi connectivity index (χ2v) is 7.90. The Bertz CT molecular complexity index is 859. The van der Waals surface area contributed by atoms with Gasteiger partial charge in [-0.3, -0.25) is 4.79 Å². The molecule has 2 fully saturated rings. The van der Waals surface area contributed by atoms with Crippen molar-refractivity contribution >= 4 is 11.6 Å². The van der Waals surface area contributed by atoms with Gasteiger partial charge in [-0.25, -0.2) is 4.98 Å². The Morgan fingerprint density at radius 2 is 2.22 bits per heavy atom. The van der Waals surface area contributed by atoms with E-state index in [4.69, 9.17) is 4.74 Å². The van der Waals surface area contributed by atoms with Gasteiger partial charge in [0, 0.05) is 38.6 Å². The Morgan fingerprint density at radius 1 is 1.33 bits per heavy atom. The molecule has 142 valence electrons. The second kappa shape index (κ2) is 6.37. The highest BCUT2D eigenvalue weighted by atomic mass is 16.5. The number of hydrogen-bond acceptors (Lipinski definition) is 4. The van der Waals surface area contributed by atoms with Crippen molar-refractivity contribution in [1.29, 1.82) is 0 Å². The number of carbonyl (C=O) groups excluding carboxylic acids is 1. The highest BCUT2D eigenvalue weighted by Gasteiger charge is 2.51. The maximum absolute atomic E-state index is 12.6. The molecule has 3 aliphatic rings. The molecule has 1 unspecified atom stereocenters. The van der Waals surface area contributed by atoms with E-state index in [0.29, 0.717) is 13.2 Å². The van der Waals surface area contributed by atoms with E-state index in [-0.39, 0.29) is 18.1 Å². The zero-order valence-corrected chi connectivity index (χ0v) is 15.8. The fraction of sp³-hybridized carbons (Fsp3) is 0.524. The van der Waals surface area contributed by atoms with Gasteiger partial charge in [-0.05, 0) is 56.4 Å². The average Bonchev–Trinajstić information content (AvgIpc) is 3.19. The quantitative estimate of drug-likeness (QED) is 0.816. The Labute approximate surface area is 159 Å². The largest absolute Gasteiger partial charge is 0.372 e. The third-order valence-corrected chi connectivity index (χ3v) is 6.20. The van der Waals surface area contributed by atoms with Crippen LogP contribution in [0, 0.1) is 5.92 Å². The SMILES string of the molecule is CCOCC(=O)N1CCC2(C1)c1cccn1-c1ncccc1N2CC1CC1. The molecular formula is C21H26N4O2. The molecule has 1 spiro atoms. The highest BCUT2D eigenvalue weighted by Crippen LogP contribution is 2.48. The lowest BCUT2D eigenvalue weighted by atomic mass is 9.88. The van der Waals surface area contributed by atoms with Crippen LogP contribution in [0.2, 0.25) is 0 Å². The molecule has 0 bridgehead atoms. The fourth-order valence-corrected chi connectivity index (χ4v) is 4.65. The van der Waals surface area contributed by atoms with Crippen LogP contribution < -0.4 is 4.90 Å². The summed E-state index contributed by atoms with van der Waals surface area (Å²) >= 11 is 0. The summed E-state index contributed by atoms with van der Waals surface area (Å²) in [6, 6.07) is 8.50. The number of pyridine rings is 1. The van der Waals surface area contributed by atoms with Gasteiger partial charge < -0.3 is 19.1 Å². The molecule has 0 aromatic carbocycles. The molecule has 27 heavy (non-hydrogen) atoms. The Kier molecular flexibility index (Phi) is 3.97. The molecule has 1 saturated carbocycles. The van der Waals surface area contributed by atoms with Crippen molar-refractivity contribution < 1.29 is 9.53 Å². The van der Waals surface area contributed by atoms with Gasteiger partial charge in [-0.15, -0.1) is 0 Å². The summed E-state index contributed by atoms with van der Waals surface area (Å²) < 4.78 is 7.59. The lowest BCUT2D eigenvalue weighted by molar-refractivity contribution is -0.135. The summed E-state index contributed by atoms with van der Waals surface area (Å²) in [5.41, 5.74) is 2.26. The van der Waals surface area contributed by atoms with E-state index in [1.807, 2.05) is 24.1 Å². The molecule has 0 N–H and O–H groups in total. The van der Waals surface area contributed by atoms with Crippen LogP contribution in [0.3, 0.4) is 0 Å². The first-order valence-electron chi connectivity index (χ1n) is 9.99.